The second kappa shape index (κ2) is 7.33. The van der Waals surface area contributed by atoms with E-state index in [1.165, 1.54) is 0 Å². The zero-order valence-corrected chi connectivity index (χ0v) is 9.15. The quantitative estimate of drug-likeness (QED) is 0.562. The number of hydrogen-bond acceptors (Lipinski definition) is 5. The lowest BCUT2D eigenvalue weighted by atomic mass is 10.4. The molecule has 0 radical (unpaired) electrons. The lowest BCUT2D eigenvalue weighted by molar-refractivity contribution is 0.199. The van der Waals surface area contributed by atoms with Crippen LogP contribution in [-0.2, 0) is 17.8 Å². The summed E-state index contributed by atoms with van der Waals surface area (Å²) >= 11 is 0. The molecule has 0 aliphatic rings. The molecule has 0 aliphatic carbocycles. The molecule has 0 saturated heterocycles. The van der Waals surface area contributed by atoms with Crippen LogP contribution in [0.5, 0.6) is 0 Å². The lowest BCUT2D eigenvalue weighted by Gasteiger charge is -1.99. The summed E-state index contributed by atoms with van der Waals surface area (Å²) in [6, 6.07) is 0. The fourth-order valence-electron chi connectivity index (χ4n) is 1.17. The highest BCUT2D eigenvalue weighted by Gasteiger charge is 1.99. The molecule has 0 amide bonds. The molecule has 0 aromatic carbocycles. The Morgan fingerprint density at radius 3 is 3.20 bits per heavy atom. The van der Waals surface area contributed by atoms with Gasteiger partial charge in [0.05, 0.1) is 12.3 Å². The molecule has 0 atom stereocenters. The van der Waals surface area contributed by atoms with Crippen LogP contribution in [0.3, 0.4) is 0 Å². The maximum absolute atomic E-state index is 5.41. The number of aromatic nitrogens is 3. The van der Waals surface area contributed by atoms with Gasteiger partial charge < -0.3 is 15.8 Å². The van der Waals surface area contributed by atoms with Crippen molar-refractivity contribution >= 4 is 0 Å². The largest absolute Gasteiger partial charge is 0.383 e. The zero-order valence-electron chi connectivity index (χ0n) is 9.15. The Kier molecular flexibility index (Phi) is 5.91. The number of methoxy groups -OCH3 is 1. The molecule has 0 saturated carbocycles. The third-order valence-corrected chi connectivity index (χ3v) is 1.97. The van der Waals surface area contributed by atoms with Gasteiger partial charge in [0.15, 0.2) is 0 Å². The number of aryl methyl sites for hydroxylation is 1. The van der Waals surface area contributed by atoms with E-state index in [0.717, 1.165) is 31.7 Å². The summed E-state index contributed by atoms with van der Waals surface area (Å²) in [7, 11) is 1.69. The molecule has 0 fully saturated rings. The molecule has 15 heavy (non-hydrogen) atoms. The summed E-state index contributed by atoms with van der Waals surface area (Å²) < 4.78 is 6.74. The molecule has 0 bridgehead atoms. The van der Waals surface area contributed by atoms with Crippen LogP contribution >= 0.6 is 0 Å². The van der Waals surface area contributed by atoms with Gasteiger partial charge in [0.25, 0.3) is 0 Å². The Labute approximate surface area is 89.8 Å². The molecule has 1 rings (SSSR count). The SMILES string of the molecule is COCCNCc1cn(CCCN)nn1. The maximum Gasteiger partial charge on any atom is 0.0964 e. The van der Waals surface area contributed by atoms with Gasteiger partial charge in [-0.05, 0) is 13.0 Å². The van der Waals surface area contributed by atoms with Gasteiger partial charge in [-0.25, -0.2) is 0 Å². The number of hydrogen-bond donors (Lipinski definition) is 2. The van der Waals surface area contributed by atoms with Crippen LogP contribution < -0.4 is 11.1 Å². The molecule has 86 valence electrons. The minimum Gasteiger partial charge on any atom is -0.383 e. The van der Waals surface area contributed by atoms with Crippen molar-refractivity contribution in [1.82, 2.24) is 20.3 Å². The van der Waals surface area contributed by atoms with Gasteiger partial charge >= 0.3 is 0 Å². The highest BCUT2D eigenvalue weighted by molar-refractivity contribution is 4.91. The summed E-state index contributed by atoms with van der Waals surface area (Å²) in [4.78, 5) is 0. The monoisotopic (exact) mass is 213 g/mol. The van der Waals surface area contributed by atoms with E-state index < -0.39 is 0 Å². The summed E-state index contributed by atoms with van der Waals surface area (Å²) in [5, 5.41) is 11.2. The first kappa shape index (κ1) is 12.1. The molecule has 0 unspecified atom stereocenters. The Morgan fingerprint density at radius 1 is 1.60 bits per heavy atom. The predicted octanol–water partition coefficient (Wildman–Crippen LogP) is -0.637. The molecular weight excluding hydrogens is 194 g/mol. The average Bonchev–Trinajstić information content (AvgIpc) is 2.69. The summed E-state index contributed by atoms with van der Waals surface area (Å²) in [6.45, 7) is 3.78. The Hall–Kier alpha value is -0.980. The van der Waals surface area contributed by atoms with Crippen LogP contribution in [0, 0.1) is 0 Å². The number of nitrogens with two attached hydrogens (primary N) is 1. The van der Waals surface area contributed by atoms with Crippen molar-refractivity contribution in [1.29, 1.82) is 0 Å². The normalized spacial score (nSPS) is 10.8. The summed E-state index contributed by atoms with van der Waals surface area (Å²) in [5.74, 6) is 0. The van der Waals surface area contributed by atoms with Crippen molar-refractivity contribution in [2.45, 2.75) is 19.5 Å². The third-order valence-electron chi connectivity index (χ3n) is 1.97. The first-order valence-corrected chi connectivity index (χ1v) is 5.15. The molecule has 1 aromatic rings. The van der Waals surface area contributed by atoms with Crippen molar-refractivity contribution in [3.63, 3.8) is 0 Å². The minimum absolute atomic E-state index is 0.682. The standard InChI is InChI=1S/C9H19N5O/c1-15-6-4-11-7-9-8-14(13-12-9)5-2-3-10/h8,11H,2-7,10H2,1H3. The van der Waals surface area contributed by atoms with Crippen molar-refractivity contribution in [3.8, 4) is 0 Å². The fraction of sp³-hybridized carbons (Fsp3) is 0.778. The Balaban J connectivity index is 2.20. The third kappa shape index (κ3) is 4.87. The van der Waals surface area contributed by atoms with Gasteiger partial charge in [-0.1, -0.05) is 5.21 Å². The Bertz CT molecular complexity index is 263. The second-order valence-electron chi connectivity index (χ2n) is 3.28. The van der Waals surface area contributed by atoms with E-state index in [4.69, 9.17) is 10.5 Å². The van der Waals surface area contributed by atoms with Crippen LogP contribution in [0.15, 0.2) is 6.20 Å². The van der Waals surface area contributed by atoms with Crippen molar-refractivity contribution in [2.75, 3.05) is 26.8 Å². The van der Waals surface area contributed by atoms with Crippen molar-refractivity contribution in [2.24, 2.45) is 5.73 Å². The molecule has 1 aromatic heterocycles. The smallest absolute Gasteiger partial charge is 0.0964 e. The van der Waals surface area contributed by atoms with E-state index in [-0.39, 0.29) is 0 Å². The highest BCUT2D eigenvalue weighted by atomic mass is 16.5. The van der Waals surface area contributed by atoms with E-state index in [9.17, 15) is 0 Å². The van der Waals surface area contributed by atoms with Gasteiger partial charge in [0.1, 0.15) is 0 Å². The van der Waals surface area contributed by atoms with Gasteiger partial charge in [-0.15, -0.1) is 5.10 Å². The minimum atomic E-state index is 0.682. The number of nitrogens with zero attached hydrogens (tertiary/aromatic N) is 3. The van der Waals surface area contributed by atoms with E-state index in [1.54, 1.807) is 7.11 Å². The maximum atomic E-state index is 5.41. The fourth-order valence-corrected chi connectivity index (χ4v) is 1.17. The molecule has 6 nitrogen and oxygen atoms in total. The molecule has 0 spiro atoms. The number of ether oxygens (including phenoxy) is 1. The van der Waals surface area contributed by atoms with Crippen LogP contribution in [0.1, 0.15) is 12.1 Å². The summed E-state index contributed by atoms with van der Waals surface area (Å²) in [5.41, 5.74) is 6.36. The van der Waals surface area contributed by atoms with E-state index >= 15 is 0 Å². The zero-order chi connectivity index (χ0) is 10.9. The molecule has 6 heteroatoms. The van der Waals surface area contributed by atoms with Crippen molar-refractivity contribution in [3.05, 3.63) is 11.9 Å². The Morgan fingerprint density at radius 2 is 2.47 bits per heavy atom. The van der Waals surface area contributed by atoms with E-state index in [1.807, 2.05) is 10.9 Å². The average molecular weight is 213 g/mol. The predicted molar refractivity (Wildman–Crippen MR) is 57.3 cm³/mol. The first-order valence-electron chi connectivity index (χ1n) is 5.15. The number of nitrogens with one attached hydrogen (secondary N) is 1. The number of rotatable bonds is 8. The van der Waals surface area contributed by atoms with E-state index in [2.05, 4.69) is 15.6 Å². The first-order chi connectivity index (χ1) is 7.36. The van der Waals surface area contributed by atoms with Gasteiger partial charge in [0.2, 0.25) is 0 Å². The second-order valence-corrected chi connectivity index (χ2v) is 3.28. The van der Waals surface area contributed by atoms with Gasteiger partial charge in [-0.3, -0.25) is 4.68 Å². The topological polar surface area (TPSA) is 78.0 Å². The molecular formula is C9H19N5O. The summed E-state index contributed by atoms with van der Waals surface area (Å²) in [6.07, 6.45) is 2.87. The highest BCUT2D eigenvalue weighted by Crippen LogP contribution is 1.93. The van der Waals surface area contributed by atoms with Crippen LogP contribution in [-0.4, -0.2) is 41.8 Å². The molecule has 3 N–H and O–H groups in total. The molecule has 0 aliphatic heterocycles. The van der Waals surface area contributed by atoms with Crippen molar-refractivity contribution < 1.29 is 4.74 Å². The van der Waals surface area contributed by atoms with E-state index in [0.29, 0.717) is 13.2 Å². The van der Waals surface area contributed by atoms with Crippen LogP contribution in [0.4, 0.5) is 0 Å². The lowest BCUT2D eigenvalue weighted by Crippen LogP contribution is -2.18. The molecule has 1 heterocycles. The van der Waals surface area contributed by atoms with Gasteiger partial charge in [0, 0.05) is 32.9 Å². The van der Waals surface area contributed by atoms with Gasteiger partial charge in [-0.2, -0.15) is 0 Å². The van der Waals surface area contributed by atoms with Crippen LogP contribution in [0.25, 0.3) is 0 Å². The van der Waals surface area contributed by atoms with Crippen LogP contribution in [0.2, 0.25) is 0 Å².